The number of nitrogens with zero attached hydrogens (tertiary/aromatic N) is 3. The van der Waals surface area contributed by atoms with Crippen LogP contribution in [0.5, 0.6) is 5.88 Å². The molecule has 2 heterocycles. The van der Waals surface area contributed by atoms with Crippen molar-refractivity contribution in [1.82, 2.24) is 15.3 Å². The molecule has 0 saturated carbocycles. The molecule has 0 spiro atoms. The fraction of sp³-hybridized carbons (Fsp3) is 0.467. The van der Waals surface area contributed by atoms with Gasteiger partial charge in [0.25, 0.3) is 5.69 Å². The molecule has 2 aromatic rings. The van der Waals surface area contributed by atoms with Crippen molar-refractivity contribution in [2.45, 2.75) is 19.3 Å². The molecule has 8 heteroatoms. The number of benzene rings is 1. The van der Waals surface area contributed by atoms with Crippen LogP contribution in [-0.4, -0.2) is 34.6 Å². The molecule has 1 aromatic carbocycles. The molecule has 0 amide bonds. The second-order valence-corrected chi connectivity index (χ2v) is 5.49. The molecule has 1 unspecified atom stereocenters. The molecule has 1 aliphatic rings. The standard InChI is InChI=1S/C15H18N4O3.ClH/c20-19(21)12-3-4-13-14(8-12)17-10-15(18-13)22-7-5-11-2-1-6-16-9-11;/h3-4,8,10-11,16H,1-2,5-7,9H2;1H. The van der Waals surface area contributed by atoms with Gasteiger partial charge in [0.15, 0.2) is 0 Å². The predicted molar refractivity (Wildman–Crippen MR) is 89.1 cm³/mol. The van der Waals surface area contributed by atoms with Crippen LogP contribution < -0.4 is 10.1 Å². The summed E-state index contributed by atoms with van der Waals surface area (Å²) in [5.41, 5.74) is 1.11. The SMILES string of the molecule is Cl.O=[N+]([O-])c1ccc2nc(OCCC3CCCNC3)cnc2c1. The molecular weight excluding hydrogens is 320 g/mol. The monoisotopic (exact) mass is 338 g/mol. The first-order valence-corrected chi connectivity index (χ1v) is 7.47. The first kappa shape index (κ1) is 17.4. The number of halogens is 1. The fourth-order valence-corrected chi connectivity index (χ4v) is 2.67. The van der Waals surface area contributed by atoms with E-state index in [2.05, 4.69) is 15.3 Å². The summed E-state index contributed by atoms with van der Waals surface area (Å²) in [6, 6.07) is 4.44. The molecule has 0 aliphatic carbocycles. The van der Waals surface area contributed by atoms with E-state index in [1.54, 1.807) is 6.07 Å². The van der Waals surface area contributed by atoms with E-state index in [0.29, 0.717) is 29.4 Å². The Balaban J connectivity index is 0.00000192. The first-order valence-electron chi connectivity index (χ1n) is 7.47. The fourth-order valence-electron chi connectivity index (χ4n) is 2.67. The van der Waals surface area contributed by atoms with Gasteiger partial charge in [-0.15, -0.1) is 12.4 Å². The van der Waals surface area contributed by atoms with Crippen molar-refractivity contribution in [3.05, 3.63) is 34.5 Å². The molecular formula is C15H19ClN4O3. The quantitative estimate of drug-likeness (QED) is 0.666. The van der Waals surface area contributed by atoms with E-state index < -0.39 is 4.92 Å². The maximum absolute atomic E-state index is 10.7. The molecule has 1 N–H and O–H groups in total. The number of piperidine rings is 1. The molecule has 0 radical (unpaired) electrons. The van der Waals surface area contributed by atoms with Gasteiger partial charge in [0, 0.05) is 12.1 Å². The highest BCUT2D eigenvalue weighted by Gasteiger charge is 2.13. The number of nitro groups is 1. The molecule has 1 aliphatic heterocycles. The summed E-state index contributed by atoms with van der Waals surface area (Å²) < 4.78 is 5.66. The third-order valence-electron chi connectivity index (χ3n) is 3.89. The molecule has 7 nitrogen and oxygen atoms in total. The van der Waals surface area contributed by atoms with Crippen molar-refractivity contribution in [3.8, 4) is 5.88 Å². The lowest BCUT2D eigenvalue weighted by atomic mass is 9.97. The average Bonchev–Trinajstić information content (AvgIpc) is 2.55. The molecule has 124 valence electrons. The molecule has 1 fully saturated rings. The van der Waals surface area contributed by atoms with Crippen molar-refractivity contribution in [2.24, 2.45) is 5.92 Å². The Kier molecular flexibility index (Phi) is 6.06. The Morgan fingerprint density at radius 3 is 3.00 bits per heavy atom. The van der Waals surface area contributed by atoms with Crippen LogP contribution in [0.4, 0.5) is 5.69 Å². The average molecular weight is 339 g/mol. The highest BCUT2D eigenvalue weighted by atomic mass is 35.5. The normalized spacial score (nSPS) is 17.5. The zero-order valence-electron chi connectivity index (χ0n) is 12.6. The first-order chi connectivity index (χ1) is 10.7. The summed E-state index contributed by atoms with van der Waals surface area (Å²) in [6.45, 7) is 2.77. The molecule has 1 atom stereocenters. The van der Waals surface area contributed by atoms with E-state index in [1.807, 2.05) is 0 Å². The van der Waals surface area contributed by atoms with Crippen molar-refractivity contribution in [3.63, 3.8) is 0 Å². The third kappa shape index (κ3) is 4.49. The summed E-state index contributed by atoms with van der Waals surface area (Å²) in [5.74, 6) is 1.12. The van der Waals surface area contributed by atoms with Gasteiger partial charge in [0.2, 0.25) is 5.88 Å². The van der Waals surface area contributed by atoms with Crippen LogP contribution in [0.25, 0.3) is 11.0 Å². The maximum atomic E-state index is 10.7. The molecule has 1 saturated heterocycles. The van der Waals surface area contributed by atoms with Crippen molar-refractivity contribution in [1.29, 1.82) is 0 Å². The van der Waals surface area contributed by atoms with Crippen LogP contribution in [0, 0.1) is 16.0 Å². The van der Waals surface area contributed by atoms with Crippen molar-refractivity contribution < 1.29 is 9.66 Å². The van der Waals surface area contributed by atoms with Crippen LogP contribution in [0.15, 0.2) is 24.4 Å². The van der Waals surface area contributed by atoms with Gasteiger partial charge >= 0.3 is 0 Å². The van der Waals surface area contributed by atoms with Crippen molar-refractivity contribution >= 4 is 29.1 Å². The number of ether oxygens (including phenoxy) is 1. The number of nitrogens with one attached hydrogen (secondary N) is 1. The Morgan fingerprint density at radius 2 is 2.26 bits per heavy atom. The molecule has 0 bridgehead atoms. The van der Waals surface area contributed by atoms with Gasteiger partial charge in [-0.05, 0) is 44.3 Å². The van der Waals surface area contributed by atoms with E-state index >= 15 is 0 Å². The maximum Gasteiger partial charge on any atom is 0.271 e. The summed E-state index contributed by atoms with van der Waals surface area (Å²) in [4.78, 5) is 18.8. The lowest BCUT2D eigenvalue weighted by molar-refractivity contribution is -0.384. The minimum absolute atomic E-state index is 0. The van der Waals surface area contributed by atoms with E-state index in [0.717, 1.165) is 19.5 Å². The van der Waals surface area contributed by atoms with E-state index in [9.17, 15) is 10.1 Å². The number of hydrogen-bond acceptors (Lipinski definition) is 6. The van der Waals surface area contributed by atoms with Crippen LogP contribution in [0.3, 0.4) is 0 Å². The zero-order valence-corrected chi connectivity index (χ0v) is 13.4. The largest absolute Gasteiger partial charge is 0.477 e. The number of rotatable bonds is 5. The number of aromatic nitrogens is 2. The van der Waals surface area contributed by atoms with Crippen molar-refractivity contribution in [2.75, 3.05) is 19.7 Å². The Morgan fingerprint density at radius 1 is 1.39 bits per heavy atom. The lowest BCUT2D eigenvalue weighted by Crippen LogP contribution is -2.30. The molecule has 23 heavy (non-hydrogen) atoms. The predicted octanol–water partition coefficient (Wildman–Crippen LogP) is 2.73. The summed E-state index contributed by atoms with van der Waals surface area (Å²) in [5, 5.41) is 14.1. The van der Waals surface area contributed by atoms with Crippen LogP contribution in [0.2, 0.25) is 0 Å². The van der Waals surface area contributed by atoms with Crippen LogP contribution in [-0.2, 0) is 0 Å². The second-order valence-electron chi connectivity index (χ2n) is 5.49. The smallest absolute Gasteiger partial charge is 0.271 e. The summed E-state index contributed by atoms with van der Waals surface area (Å²) >= 11 is 0. The summed E-state index contributed by atoms with van der Waals surface area (Å²) in [7, 11) is 0. The van der Waals surface area contributed by atoms with Gasteiger partial charge in [-0.2, -0.15) is 0 Å². The van der Waals surface area contributed by atoms with Gasteiger partial charge in [-0.25, -0.2) is 9.97 Å². The van der Waals surface area contributed by atoms with Gasteiger partial charge < -0.3 is 10.1 Å². The van der Waals surface area contributed by atoms with Crippen LogP contribution in [0.1, 0.15) is 19.3 Å². The lowest BCUT2D eigenvalue weighted by Gasteiger charge is -2.22. The Hall–Kier alpha value is -1.99. The minimum atomic E-state index is -0.441. The van der Waals surface area contributed by atoms with E-state index in [1.165, 1.54) is 31.2 Å². The molecule has 3 rings (SSSR count). The minimum Gasteiger partial charge on any atom is -0.477 e. The third-order valence-corrected chi connectivity index (χ3v) is 3.89. The van der Waals surface area contributed by atoms with E-state index in [4.69, 9.17) is 4.74 Å². The number of hydrogen-bond donors (Lipinski definition) is 1. The van der Waals surface area contributed by atoms with Crippen LogP contribution >= 0.6 is 12.4 Å². The number of non-ortho nitro benzene ring substituents is 1. The molecule has 1 aromatic heterocycles. The second kappa shape index (κ2) is 8.03. The number of fused-ring (bicyclic) bond motifs is 1. The van der Waals surface area contributed by atoms with E-state index in [-0.39, 0.29) is 18.1 Å². The highest BCUT2D eigenvalue weighted by Crippen LogP contribution is 2.20. The Bertz CT molecular complexity index is 677. The zero-order chi connectivity index (χ0) is 15.4. The highest BCUT2D eigenvalue weighted by molar-refractivity contribution is 5.85. The summed E-state index contributed by atoms with van der Waals surface area (Å²) in [6.07, 6.45) is 4.97. The number of nitro benzene ring substituents is 1. The Labute approximate surface area is 140 Å². The van der Waals surface area contributed by atoms with Gasteiger partial charge in [-0.1, -0.05) is 0 Å². The van der Waals surface area contributed by atoms with Gasteiger partial charge in [0.1, 0.15) is 0 Å². The topological polar surface area (TPSA) is 90.2 Å². The van der Waals surface area contributed by atoms with Gasteiger partial charge in [0.05, 0.1) is 28.8 Å². The van der Waals surface area contributed by atoms with Gasteiger partial charge in [-0.3, -0.25) is 10.1 Å².